The van der Waals surface area contributed by atoms with Crippen molar-refractivity contribution in [3.8, 4) is 11.5 Å². The molecule has 28 heavy (non-hydrogen) atoms. The second-order valence-electron chi connectivity index (χ2n) is 7.29. The molecule has 0 aliphatic carbocycles. The fourth-order valence-electron chi connectivity index (χ4n) is 3.95. The molecule has 152 valence electrons. The highest BCUT2D eigenvalue weighted by atomic mass is 16.5. The van der Waals surface area contributed by atoms with Crippen LogP contribution in [0.4, 0.5) is 0 Å². The molecule has 0 spiro atoms. The normalized spacial score (nSPS) is 18.2. The lowest BCUT2D eigenvalue weighted by Crippen LogP contribution is -2.52. The molecule has 1 aliphatic heterocycles. The fourth-order valence-corrected chi connectivity index (χ4v) is 3.95. The zero-order valence-corrected chi connectivity index (χ0v) is 17.1. The lowest BCUT2D eigenvalue weighted by molar-refractivity contribution is 0.0487. The molecule has 1 aromatic carbocycles. The number of methoxy groups -OCH3 is 2. The smallest absolute Gasteiger partial charge is 0.165 e. The quantitative estimate of drug-likeness (QED) is 0.753. The molecule has 3 rings (SSSR count). The molecular formula is C22H31N3O3. The third-order valence-electron chi connectivity index (χ3n) is 5.34. The molecule has 6 nitrogen and oxygen atoms in total. The van der Waals surface area contributed by atoms with E-state index in [-0.39, 0.29) is 6.61 Å². The molecule has 1 aliphatic rings. The molecule has 1 fully saturated rings. The molecule has 1 aromatic heterocycles. The minimum atomic E-state index is 0.193. The summed E-state index contributed by atoms with van der Waals surface area (Å²) in [7, 11) is 3.35. The van der Waals surface area contributed by atoms with Crippen molar-refractivity contribution in [2.75, 3.05) is 40.5 Å². The first-order chi connectivity index (χ1) is 13.6. The van der Waals surface area contributed by atoms with Crippen molar-refractivity contribution in [1.82, 2.24) is 14.8 Å². The number of aliphatic hydroxyl groups is 1. The van der Waals surface area contributed by atoms with Crippen molar-refractivity contribution < 1.29 is 14.6 Å². The number of aryl methyl sites for hydroxylation is 1. The van der Waals surface area contributed by atoms with Gasteiger partial charge in [-0.25, -0.2) is 0 Å². The van der Waals surface area contributed by atoms with Crippen LogP contribution in [0.25, 0.3) is 0 Å². The summed E-state index contributed by atoms with van der Waals surface area (Å²) in [5, 5.41) is 9.58. The number of rotatable bonds is 8. The van der Waals surface area contributed by atoms with Crippen LogP contribution in [-0.2, 0) is 13.1 Å². The van der Waals surface area contributed by atoms with Crippen LogP contribution in [0.1, 0.15) is 23.4 Å². The maximum atomic E-state index is 9.58. The fraction of sp³-hybridized carbons (Fsp3) is 0.500. The summed E-state index contributed by atoms with van der Waals surface area (Å²) in [6.45, 7) is 6.67. The van der Waals surface area contributed by atoms with Gasteiger partial charge in [0, 0.05) is 56.6 Å². The molecule has 1 N–H and O–H groups in total. The Morgan fingerprint density at radius 1 is 1.07 bits per heavy atom. The van der Waals surface area contributed by atoms with Crippen LogP contribution in [0.5, 0.6) is 11.5 Å². The molecule has 0 radical (unpaired) electrons. The van der Waals surface area contributed by atoms with Gasteiger partial charge in [-0.15, -0.1) is 0 Å². The highest BCUT2D eigenvalue weighted by Crippen LogP contribution is 2.32. The molecule has 0 saturated carbocycles. The van der Waals surface area contributed by atoms with E-state index in [0.717, 1.165) is 67.6 Å². The summed E-state index contributed by atoms with van der Waals surface area (Å²) in [5.41, 5.74) is 3.25. The summed E-state index contributed by atoms with van der Waals surface area (Å²) in [4.78, 5) is 9.51. The van der Waals surface area contributed by atoms with Gasteiger partial charge in [0.25, 0.3) is 0 Å². The summed E-state index contributed by atoms with van der Waals surface area (Å²) in [6, 6.07) is 12.5. The van der Waals surface area contributed by atoms with Crippen LogP contribution in [-0.4, -0.2) is 66.4 Å². The summed E-state index contributed by atoms with van der Waals surface area (Å²) in [6.07, 6.45) is 0.761. The largest absolute Gasteiger partial charge is 0.493 e. The topological polar surface area (TPSA) is 58.1 Å². The first-order valence-corrected chi connectivity index (χ1v) is 9.84. The Balaban J connectivity index is 1.69. The number of piperazine rings is 1. The molecule has 1 saturated heterocycles. The molecular weight excluding hydrogens is 354 g/mol. The van der Waals surface area contributed by atoms with Gasteiger partial charge in [0.05, 0.1) is 19.9 Å². The number of aliphatic hydroxyl groups excluding tert-OH is 1. The standard InChI is InChI=1S/C22H31N3O3/c1-17-6-4-8-19(23-17)15-25-12-11-24(16-20(25)10-13-26)14-18-7-5-9-21(27-2)22(18)28-3/h4-9,20,26H,10-16H2,1-3H3. The van der Waals surface area contributed by atoms with Crippen LogP contribution >= 0.6 is 0 Å². The Hall–Kier alpha value is -2.15. The van der Waals surface area contributed by atoms with E-state index in [0.29, 0.717) is 6.04 Å². The SMILES string of the molecule is COc1cccc(CN2CCN(Cc3cccc(C)n3)C(CCO)C2)c1OC. The van der Waals surface area contributed by atoms with Crippen molar-refractivity contribution in [1.29, 1.82) is 0 Å². The lowest BCUT2D eigenvalue weighted by Gasteiger charge is -2.41. The van der Waals surface area contributed by atoms with Crippen LogP contribution in [0.15, 0.2) is 36.4 Å². The van der Waals surface area contributed by atoms with Gasteiger partial charge in [-0.2, -0.15) is 0 Å². The Morgan fingerprint density at radius 3 is 2.61 bits per heavy atom. The maximum absolute atomic E-state index is 9.58. The van der Waals surface area contributed by atoms with E-state index in [1.165, 1.54) is 0 Å². The number of benzene rings is 1. The molecule has 2 aromatic rings. The Kier molecular flexibility index (Phi) is 7.25. The zero-order chi connectivity index (χ0) is 19.9. The van der Waals surface area contributed by atoms with Crippen molar-refractivity contribution in [2.24, 2.45) is 0 Å². The average molecular weight is 386 g/mol. The first-order valence-electron chi connectivity index (χ1n) is 9.84. The molecule has 1 unspecified atom stereocenters. The van der Waals surface area contributed by atoms with Gasteiger partial charge in [-0.05, 0) is 31.5 Å². The molecule has 0 amide bonds. The maximum Gasteiger partial charge on any atom is 0.165 e. The monoisotopic (exact) mass is 385 g/mol. The number of hydrogen-bond donors (Lipinski definition) is 1. The number of pyridine rings is 1. The average Bonchev–Trinajstić information content (AvgIpc) is 2.70. The third kappa shape index (κ3) is 5.01. The second kappa shape index (κ2) is 9.87. The van der Waals surface area contributed by atoms with Crippen molar-refractivity contribution in [3.05, 3.63) is 53.3 Å². The van der Waals surface area contributed by atoms with Gasteiger partial charge in [-0.3, -0.25) is 14.8 Å². The van der Waals surface area contributed by atoms with Crippen molar-refractivity contribution >= 4 is 0 Å². The zero-order valence-electron chi connectivity index (χ0n) is 17.1. The number of para-hydroxylation sites is 1. The molecule has 0 bridgehead atoms. The highest BCUT2D eigenvalue weighted by molar-refractivity contribution is 5.46. The van der Waals surface area contributed by atoms with Gasteiger partial charge in [0.15, 0.2) is 11.5 Å². The second-order valence-corrected chi connectivity index (χ2v) is 7.29. The Morgan fingerprint density at radius 2 is 1.89 bits per heavy atom. The Bertz CT molecular complexity index is 768. The minimum absolute atomic E-state index is 0.193. The van der Waals surface area contributed by atoms with E-state index < -0.39 is 0 Å². The summed E-state index contributed by atoms with van der Waals surface area (Å²) >= 11 is 0. The molecule has 6 heteroatoms. The van der Waals surface area contributed by atoms with Crippen LogP contribution in [0.3, 0.4) is 0 Å². The highest BCUT2D eigenvalue weighted by Gasteiger charge is 2.27. The first kappa shape index (κ1) is 20.6. The van der Waals surface area contributed by atoms with E-state index in [9.17, 15) is 5.11 Å². The number of aromatic nitrogens is 1. The Labute approximate surface area is 167 Å². The molecule has 2 heterocycles. The minimum Gasteiger partial charge on any atom is -0.493 e. The van der Waals surface area contributed by atoms with E-state index in [1.54, 1.807) is 14.2 Å². The van der Waals surface area contributed by atoms with Crippen molar-refractivity contribution in [2.45, 2.75) is 32.5 Å². The predicted octanol–water partition coefficient (Wildman–Crippen LogP) is 2.48. The van der Waals surface area contributed by atoms with E-state index in [2.05, 4.69) is 33.0 Å². The number of ether oxygens (including phenoxy) is 2. The van der Waals surface area contributed by atoms with Crippen LogP contribution < -0.4 is 9.47 Å². The van der Waals surface area contributed by atoms with Gasteiger partial charge in [-0.1, -0.05) is 18.2 Å². The number of nitrogens with zero attached hydrogens (tertiary/aromatic N) is 3. The summed E-state index contributed by atoms with van der Waals surface area (Å²) < 4.78 is 11.0. The van der Waals surface area contributed by atoms with Crippen LogP contribution in [0, 0.1) is 6.92 Å². The van der Waals surface area contributed by atoms with Gasteiger partial charge >= 0.3 is 0 Å². The van der Waals surface area contributed by atoms with E-state index in [4.69, 9.17) is 9.47 Å². The van der Waals surface area contributed by atoms with E-state index in [1.807, 2.05) is 25.1 Å². The lowest BCUT2D eigenvalue weighted by atomic mass is 10.1. The van der Waals surface area contributed by atoms with Gasteiger partial charge < -0.3 is 14.6 Å². The van der Waals surface area contributed by atoms with Gasteiger partial charge in [0.2, 0.25) is 0 Å². The van der Waals surface area contributed by atoms with Crippen LogP contribution in [0.2, 0.25) is 0 Å². The van der Waals surface area contributed by atoms with Gasteiger partial charge in [0.1, 0.15) is 0 Å². The van der Waals surface area contributed by atoms with Crippen molar-refractivity contribution in [3.63, 3.8) is 0 Å². The summed E-state index contributed by atoms with van der Waals surface area (Å²) in [5.74, 6) is 1.56. The predicted molar refractivity (Wildman–Crippen MR) is 110 cm³/mol. The number of hydrogen-bond acceptors (Lipinski definition) is 6. The third-order valence-corrected chi connectivity index (χ3v) is 5.34. The van der Waals surface area contributed by atoms with E-state index >= 15 is 0 Å². The molecule has 1 atom stereocenters.